The fraction of sp³-hybridized carbons (Fsp3) is 0.300. The first-order valence-corrected chi connectivity index (χ1v) is 8.56. The largest absolute Gasteiger partial charge is 0.497 e. The number of benzene rings is 2. The van der Waals surface area contributed by atoms with E-state index in [9.17, 15) is 9.59 Å². The molecule has 1 atom stereocenters. The molecule has 26 heavy (non-hydrogen) atoms. The zero-order valence-corrected chi connectivity index (χ0v) is 15.2. The van der Waals surface area contributed by atoms with Crippen molar-refractivity contribution in [2.75, 3.05) is 23.9 Å². The summed E-state index contributed by atoms with van der Waals surface area (Å²) in [5.74, 6) is 0.732. The number of urea groups is 1. The number of nitrogens with zero attached hydrogens (tertiary/aromatic N) is 1. The summed E-state index contributed by atoms with van der Waals surface area (Å²) in [6.45, 7) is 4.35. The first-order chi connectivity index (χ1) is 12.5. The number of anilines is 2. The zero-order chi connectivity index (χ0) is 18.7. The van der Waals surface area contributed by atoms with Crippen LogP contribution >= 0.6 is 0 Å². The van der Waals surface area contributed by atoms with Gasteiger partial charge in [0.1, 0.15) is 5.75 Å². The van der Waals surface area contributed by atoms with E-state index in [-0.39, 0.29) is 24.4 Å². The highest BCUT2D eigenvalue weighted by molar-refractivity contribution is 5.98. The summed E-state index contributed by atoms with van der Waals surface area (Å²) in [5, 5.41) is 5.79. The Labute approximate surface area is 153 Å². The molecule has 3 rings (SSSR count). The van der Waals surface area contributed by atoms with Gasteiger partial charge >= 0.3 is 6.03 Å². The fourth-order valence-corrected chi connectivity index (χ4v) is 3.16. The summed E-state index contributed by atoms with van der Waals surface area (Å²) in [7, 11) is 1.60. The van der Waals surface area contributed by atoms with Crippen LogP contribution in [0, 0.1) is 13.8 Å². The maximum absolute atomic E-state index is 12.3. The summed E-state index contributed by atoms with van der Waals surface area (Å²) < 4.78 is 5.14. The molecule has 0 aromatic heterocycles. The van der Waals surface area contributed by atoms with Crippen molar-refractivity contribution in [1.29, 1.82) is 0 Å². The summed E-state index contributed by atoms with van der Waals surface area (Å²) in [6.07, 6.45) is 0.284. The van der Waals surface area contributed by atoms with Crippen LogP contribution in [0.2, 0.25) is 0 Å². The van der Waals surface area contributed by atoms with Crippen LogP contribution in [0.5, 0.6) is 5.75 Å². The van der Waals surface area contributed by atoms with Crippen LogP contribution in [0.4, 0.5) is 16.2 Å². The molecule has 1 fully saturated rings. The lowest BCUT2D eigenvalue weighted by Crippen LogP contribution is -2.40. The molecule has 0 spiro atoms. The highest BCUT2D eigenvalue weighted by atomic mass is 16.5. The maximum Gasteiger partial charge on any atom is 0.319 e. The van der Waals surface area contributed by atoms with E-state index >= 15 is 0 Å². The second-order valence-corrected chi connectivity index (χ2v) is 6.47. The van der Waals surface area contributed by atoms with Crippen molar-refractivity contribution in [1.82, 2.24) is 5.32 Å². The minimum Gasteiger partial charge on any atom is -0.497 e. The van der Waals surface area contributed by atoms with E-state index in [1.54, 1.807) is 12.0 Å². The Kier molecular flexibility index (Phi) is 5.11. The van der Waals surface area contributed by atoms with Crippen LogP contribution in [0.25, 0.3) is 0 Å². The number of amides is 3. The molecule has 1 aliphatic heterocycles. The number of aryl methyl sites for hydroxylation is 2. The Morgan fingerprint density at radius 3 is 2.38 bits per heavy atom. The van der Waals surface area contributed by atoms with Crippen molar-refractivity contribution in [3.8, 4) is 5.75 Å². The molecule has 0 radical (unpaired) electrons. The molecule has 6 nitrogen and oxygen atoms in total. The van der Waals surface area contributed by atoms with Gasteiger partial charge in [-0.15, -0.1) is 0 Å². The highest BCUT2D eigenvalue weighted by Gasteiger charge is 2.31. The van der Waals surface area contributed by atoms with E-state index in [0.717, 1.165) is 28.3 Å². The second kappa shape index (κ2) is 7.47. The van der Waals surface area contributed by atoms with Gasteiger partial charge in [-0.3, -0.25) is 4.79 Å². The minimum absolute atomic E-state index is 0.00691. The van der Waals surface area contributed by atoms with Gasteiger partial charge in [-0.05, 0) is 49.2 Å². The standard InChI is InChI=1S/C20H23N3O3/c1-13-5-4-6-14(2)19(13)22-20(25)21-15-11-18(24)23(12-15)16-7-9-17(26-3)10-8-16/h4-10,15H,11-12H2,1-3H3,(H2,21,22,25). The van der Waals surface area contributed by atoms with Gasteiger partial charge in [0.15, 0.2) is 0 Å². The molecular weight excluding hydrogens is 330 g/mol. The molecule has 136 valence electrons. The number of nitrogens with one attached hydrogen (secondary N) is 2. The number of rotatable bonds is 4. The van der Waals surface area contributed by atoms with Crippen molar-refractivity contribution in [3.63, 3.8) is 0 Å². The van der Waals surface area contributed by atoms with E-state index in [2.05, 4.69) is 10.6 Å². The highest BCUT2D eigenvalue weighted by Crippen LogP contribution is 2.24. The molecule has 2 aromatic rings. The van der Waals surface area contributed by atoms with Crippen LogP contribution < -0.4 is 20.3 Å². The third-order valence-corrected chi connectivity index (χ3v) is 4.56. The summed E-state index contributed by atoms with van der Waals surface area (Å²) >= 11 is 0. The average Bonchev–Trinajstić information content (AvgIpc) is 2.98. The van der Waals surface area contributed by atoms with E-state index in [1.165, 1.54) is 0 Å². The van der Waals surface area contributed by atoms with Gasteiger partial charge < -0.3 is 20.3 Å². The molecule has 0 saturated carbocycles. The Bertz CT molecular complexity index is 797. The van der Waals surface area contributed by atoms with E-state index < -0.39 is 0 Å². The molecule has 2 aromatic carbocycles. The predicted octanol–water partition coefficient (Wildman–Crippen LogP) is 3.24. The van der Waals surface area contributed by atoms with E-state index in [1.807, 2.05) is 56.3 Å². The van der Waals surface area contributed by atoms with Gasteiger partial charge in [0.2, 0.25) is 5.91 Å². The van der Waals surface area contributed by atoms with Crippen molar-refractivity contribution < 1.29 is 14.3 Å². The quantitative estimate of drug-likeness (QED) is 0.886. The number of carbonyl (C=O) groups is 2. The maximum atomic E-state index is 12.3. The Balaban J connectivity index is 1.62. The molecule has 0 aliphatic carbocycles. The molecule has 1 heterocycles. The SMILES string of the molecule is COc1ccc(N2CC(NC(=O)Nc3c(C)cccc3C)CC2=O)cc1. The Morgan fingerprint density at radius 1 is 1.12 bits per heavy atom. The van der Waals surface area contributed by atoms with Gasteiger partial charge in [0, 0.05) is 24.3 Å². The van der Waals surface area contributed by atoms with Gasteiger partial charge in [-0.2, -0.15) is 0 Å². The minimum atomic E-state index is -0.295. The number of para-hydroxylation sites is 1. The summed E-state index contributed by atoms with van der Waals surface area (Å²) in [6, 6.07) is 12.7. The molecule has 6 heteroatoms. The van der Waals surface area contributed by atoms with Gasteiger partial charge in [0.05, 0.1) is 13.2 Å². The van der Waals surface area contributed by atoms with Crippen LogP contribution in [-0.2, 0) is 4.79 Å². The summed E-state index contributed by atoms with van der Waals surface area (Å²) in [5.41, 5.74) is 3.61. The predicted molar refractivity (Wildman–Crippen MR) is 102 cm³/mol. The van der Waals surface area contributed by atoms with Crippen molar-refractivity contribution in [2.24, 2.45) is 0 Å². The second-order valence-electron chi connectivity index (χ2n) is 6.47. The van der Waals surface area contributed by atoms with Crippen molar-refractivity contribution >= 4 is 23.3 Å². The van der Waals surface area contributed by atoms with Crippen LogP contribution in [-0.4, -0.2) is 31.6 Å². The lowest BCUT2D eigenvalue weighted by molar-refractivity contribution is -0.117. The van der Waals surface area contributed by atoms with Crippen LogP contribution in [0.1, 0.15) is 17.5 Å². The monoisotopic (exact) mass is 353 g/mol. The topological polar surface area (TPSA) is 70.7 Å². The molecule has 1 aliphatic rings. The van der Waals surface area contributed by atoms with E-state index in [4.69, 9.17) is 4.74 Å². The van der Waals surface area contributed by atoms with Gasteiger partial charge in [-0.1, -0.05) is 18.2 Å². The van der Waals surface area contributed by atoms with Crippen molar-refractivity contribution in [3.05, 3.63) is 53.6 Å². The summed E-state index contributed by atoms with van der Waals surface area (Å²) in [4.78, 5) is 26.3. The van der Waals surface area contributed by atoms with Crippen molar-refractivity contribution in [2.45, 2.75) is 26.3 Å². The van der Waals surface area contributed by atoms with Gasteiger partial charge in [0.25, 0.3) is 0 Å². The normalized spacial score (nSPS) is 16.5. The number of hydrogen-bond donors (Lipinski definition) is 2. The molecule has 1 unspecified atom stereocenters. The lowest BCUT2D eigenvalue weighted by Gasteiger charge is -2.18. The third-order valence-electron chi connectivity index (χ3n) is 4.56. The number of methoxy groups -OCH3 is 1. The molecule has 1 saturated heterocycles. The number of hydrogen-bond acceptors (Lipinski definition) is 3. The molecular formula is C20H23N3O3. The average molecular weight is 353 g/mol. The molecule has 0 bridgehead atoms. The fourth-order valence-electron chi connectivity index (χ4n) is 3.16. The molecule has 2 N–H and O–H groups in total. The van der Waals surface area contributed by atoms with Gasteiger partial charge in [-0.25, -0.2) is 4.79 Å². The Hall–Kier alpha value is -3.02. The number of ether oxygens (including phenoxy) is 1. The first kappa shape index (κ1) is 17.8. The third kappa shape index (κ3) is 3.79. The van der Waals surface area contributed by atoms with E-state index in [0.29, 0.717) is 6.54 Å². The Morgan fingerprint density at radius 2 is 1.77 bits per heavy atom. The number of carbonyl (C=O) groups excluding carboxylic acids is 2. The first-order valence-electron chi connectivity index (χ1n) is 8.56. The smallest absolute Gasteiger partial charge is 0.319 e. The van der Waals surface area contributed by atoms with Crippen LogP contribution in [0.3, 0.4) is 0 Å². The lowest BCUT2D eigenvalue weighted by atomic mass is 10.1. The molecule has 3 amide bonds. The zero-order valence-electron chi connectivity index (χ0n) is 15.2. The van der Waals surface area contributed by atoms with Crippen LogP contribution in [0.15, 0.2) is 42.5 Å².